The van der Waals surface area contributed by atoms with Gasteiger partial charge in [-0.05, 0) is 24.6 Å². The molecule has 0 bridgehead atoms. The van der Waals surface area contributed by atoms with Crippen molar-refractivity contribution >= 4 is 67.4 Å². The largest absolute Gasteiger partial charge is 0.495 e. The molecule has 1 heterocycles. The van der Waals surface area contributed by atoms with Crippen molar-refractivity contribution in [1.29, 1.82) is 0 Å². The summed E-state index contributed by atoms with van der Waals surface area (Å²) in [5.74, 6) is -0.724. The van der Waals surface area contributed by atoms with Crippen molar-refractivity contribution in [3.8, 4) is 5.75 Å². The third-order valence-corrected chi connectivity index (χ3v) is 7.23. The molecule has 2 aromatic rings. The van der Waals surface area contributed by atoms with Crippen LogP contribution < -0.4 is 14.4 Å². The number of anilines is 2. The van der Waals surface area contributed by atoms with Gasteiger partial charge in [0, 0.05) is 5.02 Å². The summed E-state index contributed by atoms with van der Waals surface area (Å²) in [7, 11) is -1.21. The van der Waals surface area contributed by atoms with Gasteiger partial charge in [-0.2, -0.15) is 0 Å². The highest BCUT2D eigenvalue weighted by Gasteiger charge is 2.34. The van der Waals surface area contributed by atoms with Gasteiger partial charge in [-0.3, -0.25) is 19.2 Å². The molecule has 1 amide bonds. The summed E-state index contributed by atoms with van der Waals surface area (Å²) in [4.78, 5) is 24.2. The molecule has 170 valence electrons. The standard InChI is InChI=1S/C17H21ClN4O6S3/c1-5-11(15(24)19-16-20-21-17(30-16)29-9-14(23)28-3)22(31(4,25)26)12-8-10(18)6-7-13(12)27-2/h6-8,11H,5,9H2,1-4H3,(H,19,20,24)/t11-/m1/s1. The summed E-state index contributed by atoms with van der Waals surface area (Å²) in [6.45, 7) is 1.68. The highest BCUT2D eigenvalue weighted by atomic mass is 35.5. The zero-order chi connectivity index (χ0) is 23.2. The lowest BCUT2D eigenvalue weighted by molar-refractivity contribution is -0.137. The number of methoxy groups -OCH3 is 2. The molecule has 1 aromatic heterocycles. The van der Waals surface area contributed by atoms with Gasteiger partial charge in [0.1, 0.15) is 11.8 Å². The smallest absolute Gasteiger partial charge is 0.316 e. The number of carbonyl (C=O) groups is 2. The van der Waals surface area contributed by atoms with E-state index >= 15 is 0 Å². The van der Waals surface area contributed by atoms with Crippen LogP contribution in [0.1, 0.15) is 13.3 Å². The molecule has 0 radical (unpaired) electrons. The fourth-order valence-corrected chi connectivity index (χ4v) is 5.52. The number of amides is 1. The fraction of sp³-hybridized carbons (Fsp3) is 0.412. The van der Waals surface area contributed by atoms with E-state index in [-0.39, 0.29) is 33.8 Å². The van der Waals surface area contributed by atoms with E-state index in [1.54, 1.807) is 13.0 Å². The first-order valence-electron chi connectivity index (χ1n) is 8.77. The second-order valence-electron chi connectivity index (χ2n) is 6.03. The van der Waals surface area contributed by atoms with E-state index in [0.717, 1.165) is 33.7 Å². The van der Waals surface area contributed by atoms with Crippen LogP contribution in [-0.2, 0) is 24.3 Å². The fourth-order valence-electron chi connectivity index (χ4n) is 2.56. The highest BCUT2D eigenvalue weighted by molar-refractivity contribution is 8.01. The number of hydrogen-bond donors (Lipinski definition) is 1. The van der Waals surface area contributed by atoms with E-state index in [1.165, 1.54) is 26.4 Å². The molecule has 0 unspecified atom stereocenters. The number of rotatable bonds is 10. The van der Waals surface area contributed by atoms with E-state index in [4.69, 9.17) is 16.3 Å². The maximum Gasteiger partial charge on any atom is 0.316 e. The summed E-state index contributed by atoms with van der Waals surface area (Å²) in [6, 6.07) is 3.40. The Bertz CT molecular complexity index is 1050. The number of benzene rings is 1. The summed E-state index contributed by atoms with van der Waals surface area (Å²) < 4.78 is 36.5. The lowest BCUT2D eigenvalue weighted by Gasteiger charge is -2.30. The van der Waals surface area contributed by atoms with Gasteiger partial charge < -0.3 is 9.47 Å². The molecule has 0 aliphatic carbocycles. The number of carbonyl (C=O) groups excluding carboxylic acids is 2. The van der Waals surface area contributed by atoms with E-state index in [1.807, 2.05) is 0 Å². The number of esters is 1. The summed E-state index contributed by atoms with van der Waals surface area (Å²) in [5.41, 5.74) is 0.145. The molecule has 1 aromatic carbocycles. The topological polar surface area (TPSA) is 128 Å². The van der Waals surface area contributed by atoms with Crippen LogP contribution in [-0.4, -0.2) is 62.8 Å². The Morgan fingerprint density at radius 3 is 2.61 bits per heavy atom. The average molecular weight is 509 g/mol. The van der Waals surface area contributed by atoms with Crippen LogP contribution >= 0.6 is 34.7 Å². The van der Waals surface area contributed by atoms with Gasteiger partial charge in [-0.15, -0.1) is 10.2 Å². The first kappa shape index (κ1) is 25.2. The summed E-state index contributed by atoms with van der Waals surface area (Å²) in [6.07, 6.45) is 1.16. The molecule has 14 heteroatoms. The van der Waals surface area contributed by atoms with E-state index in [2.05, 4.69) is 20.3 Å². The van der Waals surface area contributed by atoms with Crippen LogP contribution in [0, 0.1) is 0 Å². The molecule has 31 heavy (non-hydrogen) atoms. The van der Waals surface area contributed by atoms with Gasteiger partial charge in [0.15, 0.2) is 4.34 Å². The number of halogens is 1. The Hall–Kier alpha value is -2.09. The number of nitrogens with one attached hydrogen (secondary N) is 1. The summed E-state index contributed by atoms with van der Waals surface area (Å²) >= 11 is 8.23. The van der Waals surface area contributed by atoms with Gasteiger partial charge in [0.05, 0.1) is 31.9 Å². The number of aromatic nitrogens is 2. The maximum atomic E-state index is 13.0. The SMILES string of the molecule is CC[C@H](C(=O)Nc1nnc(SCC(=O)OC)s1)N(c1cc(Cl)ccc1OC)S(C)(=O)=O. The Kier molecular flexibility index (Phi) is 8.91. The van der Waals surface area contributed by atoms with Crippen LogP contribution in [0.2, 0.25) is 5.02 Å². The second kappa shape index (κ2) is 11.0. The van der Waals surface area contributed by atoms with Crippen molar-refractivity contribution in [2.75, 3.05) is 35.9 Å². The zero-order valence-electron chi connectivity index (χ0n) is 17.1. The first-order valence-corrected chi connectivity index (χ1v) is 12.8. The Balaban J connectivity index is 2.29. The molecule has 0 aliphatic rings. The molecule has 2 rings (SSSR count). The highest BCUT2D eigenvalue weighted by Crippen LogP contribution is 2.35. The average Bonchev–Trinajstić information content (AvgIpc) is 3.16. The molecule has 0 fully saturated rings. The zero-order valence-corrected chi connectivity index (χ0v) is 20.3. The summed E-state index contributed by atoms with van der Waals surface area (Å²) in [5, 5.41) is 10.8. The van der Waals surface area contributed by atoms with Crippen LogP contribution in [0.25, 0.3) is 0 Å². The van der Waals surface area contributed by atoms with Crippen LogP contribution in [0.5, 0.6) is 5.75 Å². The lowest BCUT2D eigenvalue weighted by atomic mass is 10.2. The van der Waals surface area contributed by atoms with E-state index < -0.39 is 27.9 Å². The predicted molar refractivity (Wildman–Crippen MR) is 121 cm³/mol. The van der Waals surface area contributed by atoms with Crippen LogP contribution in [0.4, 0.5) is 10.8 Å². The number of ether oxygens (including phenoxy) is 2. The Morgan fingerprint density at radius 2 is 2.03 bits per heavy atom. The molecule has 0 aliphatic heterocycles. The quantitative estimate of drug-likeness (QED) is 0.292. The van der Waals surface area contributed by atoms with Crippen molar-refractivity contribution in [1.82, 2.24) is 10.2 Å². The van der Waals surface area contributed by atoms with Gasteiger partial charge in [-0.25, -0.2) is 8.42 Å². The molecule has 1 atom stereocenters. The molecule has 1 N–H and O–H groups in total. The van der Waals surface area contributed by atoms with Gasteiger partial charge in [0.25, 0.3) is 0 Å². The molecule has 0 saturated heterocycles. The van der Waals surface area contributed by atoms with Gasteiger partial charge in [0.2, 0.25) is 21.1 Å². The predicted octanol–water partition coefficient (Wildman–Crippen LogP) is 2.65. The number of thioether (sulfide) groups is 1. The van der Waals surface area contributed by atoms with Crippen LogP contribution in [0.15, 0.2) is 22.5 Å². The number of hydrogen-bond acceptors (Lipinski definition) is 10. The maximum absolute atomic E-state index is 13.0. The third kappa shape index (κ3) is 6.69. The van der Waals surface area contributed by atoms with E-state index in [9.17, 15) is 18.0 Å². The van der Waals surface area contributed by atoms with Crippen molar-refractivity contribution in [3.05, 3.63) is 23.2 Å². The number of nitrogens with zero attached hydrogens (tertiary/aromatic N) is 3. The normalized spacial score (nSPS) is 12.2. The molecular formula is C17H21ClN4O6S3. The minimum absolute atomic E-state index is 0.0487. The van der Waals surface area contributed by atoms with Crippen molar-refractivity contribution in [2.24, 2.45) is 0 Å². The minimum Gasteiger partial charge on any atom is -0.495 e. The van der Waals surface area contributed by atoms with Crippen molar-refractivity contribution < 1.29 is 27.5 Å². The van der Waals surface area contributed by atoms with Crippen LogP contribution in [0.3, 0.4) is 0 Å². The first-order chi connectivity index (χ1) is 14.6. The molecule has 10 nitrogen and oxygen atoms in total. The molecule has 0 saturated carbocycles. The van der Waals surface area contributed by atoms with Crippen molar-refractivity contribution in [2.45, 2.75) is 23.7 Å². The lowest BCUT2D eigenvalue weighted by Crippen LogP contribution is -2.47. The monoisotopic (exact) mass is 508 g/mol. The minimum atomic E-state index is -3.89. The Morgan fingerprint density at radius 1 is 1.32 bits per heavy atom. The molecule has 0 spiro atoms. The molecular weight excluding hydrogens is 488 g/mol. The third-order valence-electron chi connectivity index (χ3n) is 3.89. The van der Waals surface area contributed by atoms with Gasteiger partial charge in [-0.1, -0.05) is 41.6 Å². The Labute approximate surface area is 193 Å². The van der Waals surface area contributed by atoms with E-state index in [0.29, 0.717) is 4.34 Å². The number of sulfonamides is 1. The van der Waals surface area contributed by atoms with Gasteiger partial charge >= 0.3 is 5.97 Å². The van der Waals surface area contributed by atoms with Crippen molar-refractivity contribution in [3.63, 3.8) is 0 Å². The second-order valence-corrected chi connectivity index (χ2v) is 10.5.